The summed E-state index contributed by atoms with van der Waals surface area (Å²) in [6.07, 6.45) is 0.642. The van der Waals surface area contributed by atoms with Crippen LogP contribution in [0, 0.1) is 5.82 Å². The molecule has 2 rings (SSSR count). The zero-order valence-corrected chi connectivity index (χ0v) is 11.3. The van der Waals surface area contributed by atoms with E-state index in [1.54, 1.807) is 6.07 Å². The first kappa shape index (κ1) is 13.5. The molecule has 1 aromatic heterocycles. The molecule has 4 nitrogen and oxygen atoms in total. The van der Waals surface area contributed by atoms with Gasteiger partial charge >= 0.3 is 5.97 Å². The number of aryl methyl sites for hydroxylation is 1. The highest BCUT2D eigenvalue weighted by Crippen LogP contribution is 2.33. The Kier molecular flexibility index (Phi) is 3.80. The standard InChI is InChI=1S/C13H12FNO3S/c1-3-10-15-11(13(16)17)12(19-10)7-4-5-9(18-2)8(14)6-7/h4-6H,3H2,1-2H3,(H,16,17). The number of carboxylic acid groups (broad SMARTS) is 1. The second kappa shape index (κ2) is 5.36. The van der Waals surface area contributed by atoms with Gasteiger partial charge in [-0.15, -0.1) is 11.3 Å². The lowest BCUT2D eigenvalue weighted by atomic mass is 10.1. The van der Waals surface area contributed by atoms with E-state index in [1.165, 1.54) is 30.6 Å². The van der Waals surface area contributed by atoms with Crippen LogP contribution < -0.4 is 4.74 Å². The van der Waals surface area contributed by atoms with Crippen molar-refractivity contribution in [2.45, 2.75) is 13.3 Å². The third-order valence-electron chi connectivity index (χ3n) is 2.59. The molecule has 1 N–H and O–H groups in total. The van der Waals surface area contributed by atoms with E-state index in [1.807, 2.05) is 6.92 Å². The first-order valence-corrected chi connectivity index (χ1v) is 6.45. The molecular formula is C13H12FNO3S. The van der Waals surface area contributed by atoms with E-state index in [2.05, 4.69) is 4.98 Å². The summed E-state index contributed by atoms with van der Waals surface area (Å²) in [4.78, 5) is 15.7. The lowest BCUT2D eigenvalue weighted by Crippen LogP contribution is -1.99. The third kappa shape index (κ3) is 2.58. The van der Waals surface area contributed by atoms with Gasteiger partial charge < -0.3 is 9.84 Å². The van der Waals surface area contributed by atoms with Gasteiger partial charge in [-0.1, -0.05) is 6.92 Å². The quantitative estimate of drug-likeness (QED) is 0.934. The Labute approximate surface area is 113 Å². The lowest BCUT2D eigenvalue weighted by molar-refractivity contribution is 0.0692. The van der Waals surface area contributed by atoms with E-state index in [0.29, 0.717) is 21.9 Å². The van der Waals surface area contributed by atoms with Crippen molar-refractivity contribution in [1.29, 1.82) is 0 Å². The summed E-state index contributed by atoms with van der Waals surface area (Å²) in [5.41, 5.74) is 0.458. The molecule has 0 bridgehead atoms. The molecule has 0 saturated carbocycles. The highest BCUT2D eigenvalue weighted by atomic mass is 32.1. The molecule has 1 heterocycles. The molecule has 1 aromatic carbocycles. The van der Waals surface area contributed by atoms with Crippen LogP contribution in [0.2, 0.25) is 0 Å². The van der Waals surface area contributed by atoms with E-state index in [4.69, 9.17) is 9.84 Å². The molecule has 0 fully saturated rings. The third-order valence-corrected chi connectivity index (χ3v) is 3.84. The number of carbonyl (C=O) groups is 1. The van der Waals surface area contributed by atoms with Crippen LogP contribution in [0.5, 0.6) is 5.75 Å². The van der Waals surface area contributed by atoms with Crippen LogP contribution in [0.3, 0.4) is 0 Å². The maximum Gasteiger partial charge on any atom is 0.356 e. The van der Waals surface area contributed by atoms with E-state index < -0.39 is 11.8 Å². The van der Waals surface area contributed by atoms with Crippen LogP contribution in [0.1, 0.15) is 22.4 Å². The SMILES string of the molecule is CCc1nc(C(=O)O)c(-c2ccc(OC)c(F)c2)s1. The number of methoxy groups -OCH3 is 1. The molecule has 0 atom stereocenters. The number of hydrogen-bond donors (Lipinski definition) is 1. The highest BCUT2D eigenvalue weighted by molar-refractivity contribution is 7.15. The van der Waals surface area contributed by atoms with E-state index in [9.17, 15) is 9.18 Å². The summed E-state index contributed by atoms with van der Waals surface area (Å²) in [6, 6.07) is 4.36. The van der Waals surface area contributed by atoms with Crippen molar-refractivity contribution in [1.82, 2.24) is 4.98 Å². The number of benzene rings is 1. The molecule has 0 unspecified atom stereocenters. The summed E-state index contributed by atoms with van der Waals surface area (Å²) in [5.74, 6) is -1.51. The normalized spacial score (nSPS) is 10.5. The molecule has 0 spiro atoms. The Morgan fingerprint density at radius 2 is 2.26 bits per heavy atom. The van der Waals surface area contributed by atoms with Gasteiger partial charge in [0.2, 0.25) is 0 Å². The molecule has 0 aliphatic heterocycles. The minimum absolute atomic E-state index is 0.0357. The first-order chi connectivity index (χ1) is 9.06. The minimum Gasteiger partial charge on any atom is -0.494 e. The topological polar surface area (TPSA) is 59.4 Å². The number of hydrogen-bond acceptors (Lipinski definition) is 4. The number of nitrogens with zero attached hydrogens (tertiary/aromatic N) is 1. The molecular weight excluding hydrogens is 269 g/mol. The zero-order valence-electron chi connectivity index (χ0n) is 10.4. The van der Waals surface area contributed by atoms with E-state index in [0.717, 1.165) is 0 Å². The molecule has 2 aromatic rings. The van der Waals surface area contributed by atoms with Crippen LogP contribution in [-0.4, -0.2) is 23.2 Å². The van der Waals surface area contributed by atoms with Gasteiger partial charge in [-0.05, 0) is 30.2 Å². The van der Waals surface area contributed by atoms with Crippen LogP contribution >= 0.6 is 11.3 Å². The van der Waals surface area contributed by atoms with Gasteiger partial charge in [0.15, 0.2) is 17.3 Å². The number of aromatic nitrogens is 1. The fourth-order valence-corrected chi connectivity index (χ4v) is 2.66. The Bertz CT molecular complexity index is 624. The van der Waals surface area contributed by atoms with Crippen LogP contribution in [0.25, 0.3) is 10.4 Å². The van der Waals surface area contributed by atoms with Crippen molar-refractivity contribution in [3.8, 4) is 16.2 Å². The Morgan fingerprint density at radius 1 is 1.53 bits per heavy atom. The summed E-state index contributed by atoms with van der Waals surface area (Å²) in [5, 5.41) is 9.84. The fourth-order valence-electron chi connectivity index (χ4n) is 1.66. The zero-order chi connectivity index (χ0) is 14.0. The molecule has 0 aliphatic carbocycles. The van der Waals surface area contributed by atoms with E-state index in [-0.39, 0.29) is 11.4 Å². The predicted octanol–water partition coefficient (Wildman–Crippen LogP) is 3.22. The van der Waals surface area contributed by atoms with E-state index >= 15 is 0 Å². The van der Waals surface area contributed by atoms with Crippen molar-refractivity contribution in [2.75, 3.05) is 7.11 Å². The Balaban J connectivity index is 2.54. The van der Waals surface area contributed by atoms with Crippen LogP contribution in [-0.2, 0) is 6.42 Å². The number of halogens is 1. The van der Waals surface area contributed by atoms with Crippen LogP contribution in [0.4, 0.5) is 4.39 Å². The summed E-state index contributed by atoms with van der Waals surface area (Å²) in [6.45, 7) is 1.89. The Hall–Kier alpha value is -1.95. The maximum atomic E-state index is 13.7. The number of rotatable bonds is 4. The van der Waals surface area contributed by atoms with Crippen LogP contribution in [0.15, 0.2) is 18.2 Å². The van der Waals surface area contributed by atoms with Crippen molar-refractivity contribution in [2.24, 2.45) is 0 Å². The second-order valence-corrected chi connectivity index (χ2v) is 4.88. The first-order valence-electron chi connectivity index (χ1n) is 5.63. The van der Waals surface area contributed by atoms with Gasteiger partial charge in [-0.25, -0.2) is 14.2 Å². The van der Waals surface area contributed by atoms with Crippen molar-refractivity contribution >= 4 is 17.3 Å². The maximum absolute atomic E-state index is 13.7. The average Bonchev–Trinajstić information content (AvgIpc) is 2.83. The van der Waals surface area contributed by atoms with Crippen molar-refractivity contribution in [3.05, 3.63) is 34.7 Å². The fraction of sp³-hybridized carbons (Fsp3) is 0.231. The average molecular weight is 281 g/mol. The molecule has 0 radical (unpaired) electrons. The number of ether oxygens (including phenoxy) is 1. The van der Waals surface area contributed by atoms with Crippen molar-refractivity contribution < 1.29 is 19.0 Å². The van der Waals surface area contributed by atoms with Gasteiger partial charge in [-0.3, -0.25) is 0 Å². The largest absolute Gasteiger partial charge is 0.494 e. The number of carboxylic acids is 1. The van der Waals surface area contributed by atoms with Gasteiger partial charge in [0.1, 0.15) is 0 Å². The lowest BCUT2D eigenvalue weighted by Gasteiger charge is -2.04. The molecule has 6 heteroatoms. The van der Waals surface area contributed by atoms with Crippen molar-refractivity contribution in [3.63, 3.8) is 0 Å². The van der Waals surface area contributed by atoms with Gasteiger partial charge in [0.05, 0.1) is 17.0 Å². The molecule has 0 saturated heterocycles. The molecule has 0 aliphatic rings. The minimum atomic E-state index is -1.11. The van der Waals surface area contributed by atoms with Gasteiger partial charge in [-0.2, -0.15) is 0 Å². The predicted molar refractivity (Wildman–Crippen MR) is 70.4 cm³/mol. The van der Waals surface area contributed by atoms with Gasteiger partial charge in [0, 0.05) is 0 Å². The van der Waals surface area contributed by atoms with Gasteiger partial charge in [0.25, 0.3) is 0 Å². The summed E-state index contributed by atoms with van der Waals surface area (Å²) < 4.78 is 18.5. The Morgan fingerprint density at radius 3 is 2.79 bits per heavy atom. The molecule has 19 heavy (non-hydrogen) atoms. The summed E-state index contributed by atoms with van der Waals surface area (Å²) in [7, 11) is 1.38. The number of aromatic carboxylic acids is 1. The number of thiazole rings is 1. The molecule has 0 amide bonds. The monoisotopic (exact) mass is 281 g/mol. The smallest absolute Gasteiger partial charge is 0.356 e. The highest BCUT2D eigenvalue weighted by Gasteiger charge is 2.19. The summed E-state index contributed by atoms with van der Waals surface area (Å²) >= 11 is 1.26. The molecule has 100 valence electrons. The second-order valence-electron chi connectivity index (χ2n) is 3.79.